The van der Waals surface area contributed by atoms with E-state index in [1.165, 1.54) is 13.0 Å². The van der Waals surface area contributed by atoms with Crippen LogP contribution >= 0.6 is 7.14 Å². The Morgan fingerprint density at radius 3 is 2.41 bits per heavy atom. The van der Waals surface area contributed by atoms with E-state index in [2.05, 4.69) is 20.3 Å². The van der Waals surface area contributed by atoms with Gasteiger partial charge in [0.25, 0.3) is 0 Å². The molecule has 1 aliphatic heterocycles. The van der Waals surface area contributed by atoms with E-state index in [9.17, 15) is 22.5 Å². The Bertz CT molecular complexity index is 1380. The number of aromatic nitrogens is 3. The third kappa shape index (κ3) is 5.49. The summed E-state index contributed by atoms with van der Waals surface area (Å²) in [5.41, 5.74) is 0.985. The number of hydrogen-bond acceptors (Lipinski definition) is 6. The van der Waals surface area contributed by atoms with Gasteiger partial charge in [0, 0.05) is 36.7 Å². The Hall–Kier alpha value is -3.00. The first-order valence-electron chi connectivity index (χ1n) is 12.3. The van der Waals surface area contributed by atoms with Crippen LogP contribution in [0.3, 0.4) is 0 Å². The zero-order valence-electron chi connectivity index (χ0n) is 21.6. The summed E-state index contributed by atoms with van der Waals surface area (Å²) in [5.74, 6) is 0.847. The van der Waals surface area contributed by atoms with Crippen LogP contribution in [-0.2, 0) is 15.5 Å². The van der Waals surface area contributed by atoms with Crippen LogP contribution in [0.1, 0.15) is 49.3 Å². The first-order chi connectivity index (χ1) is 17.3. The minimum atomic E-state index is -4.44. The molecule has 1 fully saturated rings. The number of benzene rings is 1. The normalized spacial score (nSPS) is 16.7. The van der Waals surface area contributed by atoms with Crippen molar-refractivity contribution in [3.05, 3.63) is 53.0 Å². The van der Waals surface area contributed by atoms with Crippen molar-refractivity contribution in [1.29, 1.82) is 0 Å². The number of fused-ring (bicyclic) bond motifs is 1. The van der Waals surface area contributed by atoms with E-state index < -0.39 is 24.9 Å². The SMILES string of the molecule is Cc1nc(N[C@H](C)c2cccc(C(F)(F)F)c2C)c2cc(P3(=O)CCN(C(=O)C(C)C)CC3)ncc2n1. The summed E-state index contributed by atoms with van der Waals surface area (Å²) in [7, 11) is -2.85. The molecule has 0 aliphatic carbocycles. The molecule has 0 bridgehead atoms. The van der Waals surface area contributed by atoms with E-state index >= 15 is 0 Å². The molecule has 1 N–H and O–H groups in total. The van der Waals surface area contributed by atoms with Crippen LogP contribution in [0.4, 0.5) is 19.0 Å². The molecule has 1 saturated heterocycles. The fourth-order valence-electron chi connectivity index (χ4n) is 4.79. The van der Waals surface area contributed by atoms with Gasteiger partial charge in [0.2, 0.25) is 5.91 Å². The Labute approximate surface area is 214 Å². The summed E-state index contributed by atoms with van der Waals surface area (Å²) in [6.07, 6.45) is -2.19. The maximum atomic E-state index is 13.8. The van der Waals surface area contributed by atoms with Crippen molar-refractivity contribution in [3.8, 4) is 0 Å². The van der Waals surface area contributed by atoms with Gasteiger partial charge in [0.15, 0.2) is 0 Å². The number of carbonyl (C=O) groups is 1. The number of alkyl halides is 3. The van der Waals surface area contributed by atoms with Gasteiger partial charge in [0.05, 0.1) is 23.3 Å². The molecule has 1 aliphatic rings. The number of nitrogens with zero attached hydrogens (tertiary/aromatic N) is 4. The number of aryl methyl sites for hydroxylation is 1. The maximum Gasteiger partial charge on any atom is 0.416 e. The molecule has 2 aromatic heterocycles. The zero-order chi connectivity index (χ0) is 27.1. The molecule has 11 heteroatoms. The van der Waals surface area contributed by atoms with Crippen molar-refractivity contribution in [2.24, 2.45) is 5.92 Å². The molecule has 3 aromatic rings. The first-order valence-corrected chi connectivity index (χ1v) is 14.3. The molecular formula is C26H31F3N5O2P. The molecule has 0 saturated carbocycles. The van der Waals surface area contributed by atoms with Gasteiger partial charge in [-0.25, -0.2) is 9.97 Å². The van der Waals surface area contributed by atoms with Crippen LogP contribution in [0.15, 0.2) is 30.5 Å². The van der Waals surface area contributed by atoms with Crippen molar-refractivity contribution in [1.82, 2.24) is 19.9 Å². The van der Waals surface area contributed by atoms with Crippen LogP contribution < -0.4 is 10.8 Å². The van der Waals surface area contributed by atoms with E-state index in [-0.39, 0.29) is 17.4 Å². The topological polar surface area (TPSA) is 88.1 Å². The number of halogens is 3. The Morgan fingerprint density at radius 2 is 1.78 bits per heavy atom. The van der Waals surface area contributed by atoms with Gasteiger partial charge < -0.3 is 14.8 Å². The standard InChI is InChI=1S/C26H31F3N5O2P/c1-15(2)25(35)34-9-11-37(36,12-10-34)23-13-20-22(14-30-23)32-18(5)33-24(20)31-17(4)19-7-6-8-21(16(19)3)26(27,28)29/h6-8,13-15,17H,9-12H2,1-5H3,(H,31,32,33)/t17-/m1/s1. The second kappa shape index (κ2) is 10.0. The third-order valence-electron chi connectivity index (χ3n) is 6.87. The van der Waals surface area contributed by atoms with E-state index in [1.54, 1.807) is 37.1 Å². The Kier molecular flexibility index (Phi) is 7.34. The summed E-state index contributed by atoms with van der Waals surface area (Å²) < 4.78 is 54.2. The Balaban J connectivity index is 1.66. The lowest BCUT2D eigenvalue weighted by Crippen LogP contribution is -2.43. The summed E-state index contributed by atoms with van der Waals surface area (Å²) in [6, 6.07) is 5.37. The van der Waals surface area contributed by atoms with Crippen LogP contribution in [0.5, 0.6) is 0 Å². The minimum absolute atomic E-state index is 0.0481. The van der Waals surface area contributed by atoms with E-state index in [0.29, 0.717) is 59.0 Å². The number of rotatable bonds is 5. The zero-order valence-corrected chi connectivity index (χ0v) is 22.5. The quantitative estimate of drug-likeness (QED) is 0.447. The highest BCUT2D eigenvalue weighted by Crippen LogP contribution is 2.46. The van der Waals surface area contributed by atoms with Crippen LogP contribution in [0.25, 0.3) is 10.9 Å². The summed E-state index contributed by atoms with van der Waals surface area (Å²) in [5, 5.41) is 3.85. The fourth-order valence-corrected chi connectivity index (χ4v) is 7.23. The predicted octanol–water partition coefficient (Wildman–Crippen LogP) is 5.32. The molecule has 0 unspecified atom stereocenters. The molecule has 198 valence electrons. The number of carbonyl (C=O) groups excluding carboxylic acids is 1. The summed E-state index contributed by atoms with van der Waals surface area (Å²) in [4.78, 5) is 27.5. The van der Waals surface area contributed by atoms with Gasteiger partial charge in [-0.3, -0.25) is 9.78 Å². The molecular weight excluding hydrogens is 502 g/mol. The monoisotopic (exact) mass is 533 g/mol. The highest BCUT2D eigenvalue weighted by molar-refractivity contribution is 7.71. The van der Waals surface area contributed by atoms with E-state index in [1.807, 2.05) is 13.8 Å². The number of anilines is 1. The van der Waals surface area contributed by atoms with Crippen molar-refractivity contribution in [2.75, 3.05) is 30.7 Å². The van der Waals surface area contributed by atoms with Gasteiger partial charge in [-0.1, -0.05) is 26.0 Å². The Morgan fingerprint density at radius 1 is 1.11 bits per heavy atom. The largest absolute Gasteiger partial charge is 0.416 e. The van der Waals surface area contributed by atoms with E-state index in [0.717, 1.165) is 6.07 Å². The average Bonchev–Trinajstić information content (AvgIpc) is 2.83. The fraction of sp³-hybridized carbons (Fsp3) is 0.462. The highest BCUT2D eigenvalue weighted by Gasteiger charge is 2.35. The summed E-state index contributed by atoms with van der Waals surface area (Å²) >= 11 is 0. The average molecular weight is 534 g/mol. The maximum absolute atomic E-state index is 13.8. The van der Waals surface area contributed by atoms with E-state index in [4.69, 9.17) is 0 Å². The number of amides is 1. The van der Waals surface area contributed by atoms with Crippen LogP contribution in [-0.4, -0.2) is 51.2 Å². The van der Waals surface area contributed by atoms with Crippen molar-refractivity contribution < 1.29 is 22.5 Å². The van der Waals surface area contributed by atoms with Gasteiger partial charge in [-0.15, -0.1) is 0 Å². The third-order valence-corrected chi connectivity index (χ3v) is 9.79. The minimum Gasteiger partial charge on any atom is -0.363 e. The smallest absolute Gasteiger partial charge is 0.363 e. The number of hydrogen-bond donors (Lipinski definition) is 1. The van der Waals surface area contributed by atoms with Gasteiger partial charge in [-0.05, 0) is 44.0 Å². The first kappa shape index (κ1) is 27.0. The van der Waals surface area contributed by atoms with Gasteiger partial charge >= 0.3 is 6.18 Å². The van der Waals surface area contributed by atoms with Crippen molar-refractivity contribution in [3.63, 3.8) is 0 Å². The van der Waals surface area contributed by atoms with Gasteiger partial charge in [0.1, 0.15) is 24.2 Å². The lowest BCUT2D eigenvalue weighted by atomic mass is 9.97. The molecule has 4 rings (SSSR count). The predicted molar refractivity (Wildman–Crippen MR) is 139 cm³/mol. The van der Waals surface area contributed by atoms with Crippen LogP contribution in [0, 0.1) is 19.8 Å². The summed E-state index contributed by atoms with van der Waals surface area (Å²) in [6.45, 7) is 9.48. The van der Waals surface area contributed by atoms with Crippen molar-refractivity contribution in [2.45, 2.75) is 46.8 Å². The molecule has 3 heterocycles. The molecule has 37 heavy (non-hydrogen) atoms. The molecule has 1 atom stereocenters. The van der Waals surface area contributed by atoms with Gasteiger partial charge in [-0.2, -0.15) is 13.2 Å². The second-order valence-electron chi connectivity index (χ2n) is 9.88. The molecule has 1 amide bonds. The lowest BCUT2D eigenvalue weighted by molar-refractivity contribution is -0.138. The molecule has 0 spiro atoms. The lowest BCUT2D eigenvalue weighted by Gasteiger charge is -2.33. The molecule has 0 radical (unpaired) electrons. The molecule has 7 nitrogen and oxygen atoms in total. The van der Waals surface area contributed by atoms with Crippen molar-refractivity contribution >= 4 is 35.2 Å². The number of pyridine rings is 1. The second-order valence-corrected chi connectivity index (χ2v) is 13.0. The van der Waals surface area contributed by atoms with Crippen LogP contribution in [0.2, 0.25) is 0 Å². The number of nitrogens with one attached hydrogen (secondary N) is 1. The molecule has 1 aromatic carbocycles. The highest BCUT2D eigenvalue weighted by atomic mass is 31.2.